The Morgan fingerprint density at radius 3 is 2.05 bits per heavy atom. The van der Waals surface area contributed by atoms with Crippen LogP contribution in [0.2, 0.25) is 0 Å². The van der Waals surface area contributed by atoms with Crippen molar-refractivity contribution in [3.63, 3.8) is 0 Å². The van der Waals surface area contributed by atoms with E-state index >= 15 is 0 Å². The zero-order chi connectivity index (χ0) is 15.4. The summed E-state index contributed by atoms with van der Waals surface area (Å²) in [5.74, 6) is 3.83. The highest BCUT2D eigenvalue weighted by molar-refractivity contribution is 9.10. The van der Waals surface area contributed by atoms with E-state index in [-0.39, 0.29) is 18.3 Å². The van der Waals surface area contributed by atoms with Crippen LogP contribution in [0.4, 0.5) is 13.2 Å². The number of hydrogen-bond acceptors (Lipinski definition) is 2. The Bertz CT molecular complexity index is 581. The maximum absolute atomic E-state index is 13.8. The monoisotopic (exact) mass is 358 g/mol. The van der Waals surface area contributed by atoms with Crippen LogP contribution in [0.3, 0.4) is 0 Å². The first-order valence-corrected chi connectivity index (χ1v) is 7.13. The summed E-state index contributed by atoms with van der Waals surface area (Å²) in [4.78, 5) is 0. The third-order valence-electron chi connectivity index (χ3n) is 3.20. The number of benzene rings is 2. The lowest BCUT2D eigenvalue weighted by Crippen LogP contribution is -2.38. The molecule has 1 unspecified atom stereocenters. The van der Waals surface area contributed by atoms with Crippen LogP contribution in [-0.2, 0) is 12.8 Å². The van der Waals surface area contributed by atoms with Crippen LogP contribution in [-0.4, -0.2) is 6.04 Å². The zero-order valence-corrected chi connectivity index (χ0v) is 12.6. The van der Waals surface area contributed by atoms with Gasteiger partial charge >= 0.3 is 0 Å². The molecule has 0 fully saturated rings. The summed E-state index contributed by atoms with van der Waals surface area (Å²) in [6, 6.07) is 7.75. The van der Waals surface area contributed by atoms with Crippen molar-refractivity contribution in [3.8, 4) is 0 Å². The Morgan fingerprint density at radius 1 is 0.952 bits per heavy atom. The SMILES string of the molecule is NNC(Cc1ccc(F)cc1F)Cc1ccc(Br)cc1F. The van der Waals surface area contributed by atoms with Gasteiger partial charge in [-0.3, -0.25) is 11.3 Å². The highest BCUT2D eigenvalue weighted by atomic mass is 79.9. The molecule has 0 saturated heterocycles. The molecule has 0 radical (unpaired) electrons. The molecule has 0 aliphatic rings. The fourth-order valence-electron chi connectivity index (χ4n) is 2.10. The summed E-state index contributed by atoms with van der Waals surface area (Å²) in [6.07, 6.45) is 0.532. The Hall–Kier alpha value is -1.37. The largest absolute Gasteiger partial charge is 0.271 e. The molecular formula is C15H14BrF3N2. The minimum atomic E-state index is -0.633. The predicted molar refractivity (Wildman–Crippen MR) is 79.0 cm³/mol. The van der Waals surface area contributed by atoms with Crippen LogP contribution in [0, 0.1) is 17.5 Å². The zero-order valence-electron chi connectivity index (χ0n) is 11.0. The number of nitrogens with one attached hydrogen (secondary N) is 1. The van der Waals surface area contributed by atoms with Crippen LogP contribution < -0.4 is 11.3 Å². The summed E-state index contributed by atoms with van der Waals surface area (Å²) in [7, 11) is 0. The summed E-state index contributed by atoms with van der Waals surface area (Å²) in [5, 5.41) is 0. The number of hydrogen-bond donors (Lipinski definition) is 2. The molecule has 2 aromatic carbocycles. The molecule has 112 valence electrons. The Morgan fingerprint density at radius 2 is 1.52 bits per heavy atom. The maximum atomic E-state index is 13.8. The number of halogens is 4. The molecule has 2 aromatic rings. The van der Waals surface area contributed by atoms with Crippen molar-refractivity contribution in [3.05, 3.63) is 69.4 Å². The van der Waals surface area contributed by atoms with E-state index in [1.54, 1.807) is 12.1 Å². The van der Waals surface area contributed by atoms with E-state index in [1.807, 2.05) is 0 Å². The van der Waals surface area contributed by atoms with E-state index < -0.39 is 11.6 Å². The third-order valence-corrected chi connectivity index (χ3v) is 3.69. The quantitative estimate of drug-likeness (QED) is 0.634. The van der Waals surface area contributed by atoms with Gasteiger partial charge in [0.25, 0.3) is 0 Å². The molecule has 0 amide bonds. The summed E-state index contributed by atoms with van der Waals surface area (Å²) in [6.45, 7) is 0. The highest BCUT2D eigenvalue weighted by Gasteiger charge is 2.14. The molecule has 3 N–H and O–H groups in total. The smallest absolute Gasteiger partial charge is 0.129 e. The Labute approximate surface area is 129 Å². The van der Waals surface area contributed by atoms with Crippen LogP contribution in [0.1, 0.15) is 11.1 Å². The first-order valence-electron chi connectivity index (χ1n) is 6.33. The molecule has 0 aromatic heterocycles. The van der Waals surface area contributed by atoms with Crippen LogP contribution >= 0.6 is 15.9 Å². The minimum Gasteiger partial charge on any atom is -0.271 e. The van der Waals surface area contributed by atoms with Crippen LogP contribution in [0.5, 0.6) is 0 Å². The van der Waals surface area contributed by atoms with Crippen molar-refractivity contribution in [2.45, 2.75) is 18.9 Å². The lowest BCUT2D eigenvalue weighted by molar-refractivity contribution is 0.491. The predicted octanol–water partition coefficient (Wildman–Crippen LogP) is 3.48. The second-order valence-electron chi connectivity index (χ2n) is 4.74. The molecule has 0 saturated carbocycles. The van der Waals surface area contributed by atoms with Gasteiger partial charge in [-0.05, 0) is 42.2 Å². The first kappa shape index (κ1) is 16.0. The first-order chi connectivity index (χ1) is 9.99. The van der Waals surface area contributed by atoms with Gasteiger partial charge in [-0.1, -0.05) is 28.1 Å². The van der Waals surface area contributed by atoms with Gasteiger partial charge in [0.05, 0.1) is 0 Å². The topological polar surface area (TPSA) is 38.0 Å². The average Bonchev–Trinajstić information content (AvgIpc) is 2.43. The Balaban J connectivity index is 2.13. The van der Waals surface area contributed by atoms with Crippen molar-refractivity contribution >= 4 is 15.9 Å². The second-order valence-corrected chi connectivity index (χ2v) is 5.66. The van der Waals surface area contributed by atoms with Gasteiger partial charge in [0.15, 0.2) is 0 Å². The molecular weight excluding hydrogens is 345 g/mol. The van der Waals surface area contributed by atoms with Crippen molar-refractivity contribution in [2.75, 3.05) is 0 Å². The fraction of sp³-hybridized carbons (Fsp3) is 0.200. The molecule has 21 heavy (non-hydrogen) atoms. The molecule has 0 aliphatic heterocycles. The van der Waals surface area contributed by atoms with E-state index in [0.29, 0.717) is 22.0 Å². The fourth-order valence-corrected chi connectivity index (χ4v) is 2.43. The van der Waals surface area contributed by atoms with E-state index in [4.69, 9.17) is 5.84 Å². The van der Waals surface area contributed by atoms with Crippen LogP contribution in [0.25, 0.3) is 0 Å². The molecule has 0 heterocycles. The molecule has 0 spiro atoms. The van der Waals surface area contributed by atoms with Gasteiger partial charge in [-0.25, -0.2) is 13.2 Å². The molecule has 0 aliphatic carbocycles. The van der Waals surface area contributed by atoms with Gasteiger partial charge in [0.1, 0.15) is 17.5 Å². The van der Waals surface area contributed by atoms with E-state index in [1.165, 1.54) is 18.2 Å². The normalized spacial score (nSPS) is 12.4. The highest BCUT2D eigenvalue weighted by Crippen LogP contribution is 2.18. The van der Waals surface area contributed by atoms with E-state index in [0.717, 1.165) is 6.07 Å². The second kappa shape index (κ2) is 7.06. The molecule has 2 nitrogen and oxygen atoms in total. The third kappa shape index (κ3) is 4.30. The van der Waals surface area contributed by atoms with Gasteiger partial charge in [0.2, 0.25) is 0 Å². The minimum absolute atomic E-state index is 0.234. The molecule has 2 rings (SSSR count). The number of rotatable bonds is 5. The maximum Gasteiger partial charge on any atom is 0.129 e. The standard InChI is InChI=1S/C15H14BrF3N2/c16-11-3-1-9(14(18)7-11)5-13(21-20)6-10-2-4-12(17)8-15(10)19/h1-4,7-8,13,21H,5-6,20H2. The summed E-state index contributed by atoms with van der Waals surface area (Å²) < 4.78 is 40.9. The van der Waals surface area contributed by atoms with Gasteiger partial charge in [0, 0.05) is 16.6 Å². The number of nitrogens with two attached hydrogens (primary N) is 1. The van der Waals surface area contributed by atoms with E-state index in [9.17, 15) is 13.2 Å². The molecule has 0 bridgehead atoms. The molecule has 1 atom stereocenters. The van der Waals surface area contributed by atoms with Gasteiger partial charge < -0.3 is 0 Å². The Kier molecular flexibility index (Phi) is 5.39. The summed E-state index contributed by atoms with van der Waals surface area (Å²) in [5.41, 5.74) is 3.35. The van der Waals surface area contributed by atoms with Gasteiger partial charge in [-0.2, -0.15) is 0 Å². The van der Waals surface area contributed by atoms with Crippen LogP contribution in [0.15, 0.2) is 40.9 Å². The summed E-state index contributed by atoms with van der Waals surface area (Å²) >= 11 is 3.18. The van der Waals surface area contributed by atoms with Crippen molar-refractivity contribution < 1.29 is 13.2 Å². The van der Waals surface area contributed by atoms with Gasteiger partial charge in [-0.15, -0.1) is 0 Å². The lowest BCUT2D eigenvalue weighted by Gasteiger charge is -2.17. The van der Waals surface area contributed by atoms with Crippen molar-refractivity contribution in [2.24, 2.45) is 5.84 Å². The van der Waals surface area contributed by atoms with Crippen molar-refractivity contribution in [1.82, 2.24) is 5.43 Å². The number of hydrazine groups is 1. The van der Waals surface area contributed by atoms with E-state index in [2.05, 4.69) is 21.4 Å². The lowest BCUT2D eigenvalue weighted by atomic mass is 9.99. The molecule has 6 heteroatoms. The van der Waals surface area contributed by atoms with Crippen molar-refractivity contribution in [1.29, 1.82) is 0 Å². The average molecular weight is 359 g/mol.